The first-order valence-electron chi connectivity index (χ1n) is 5.78. The summed E-state index contributed by atoms with van der Waals surface area (Å²) in [5, 5.41) is 6.53. The molecule has 2 N–H and O–H groups in total. The van der Waals surface area contributed by atoms with Crippen LogP contribution < -0.4 is 10.0 Å². The summed E-state index contributed by atoms with van der Waals surface area (Å²) in [7, 11) is -3.81. The van der Waals surface area contributed by atoms with E-state index in [1.54, 1.807) is 6.92 Å². The highest BCUT2D eigenvalue weighted by molar-refractivity contribution is 9.10. The molecule has 9 heteroatoms. The number of hydrogen-bond acceptors (Lipinski definition) is 6. The molecule has 0 radical (unpaired) electrons. The monoisotopic (exact) mass is 360 g/mol. The Bertz CT molecular complexity index is 714. The molecular formula is C11H13BrN4O3S. The van der Waals surface area contributed by atoms with E-state index < -0.39 is 10.0 Å². The van der Waals surface area contributed by atoms with Gasteiger partial charge in [-0.1, -0.05) is 5.16 Å². The number of sulfonamides is 1. The second-order valence-electron chi connectivity index (χ2n) is 3.97. The number of aryl methyl sites for hydroxylation is 1. The van der Waals surface area contributed by atoms with Crippen molar-refractivity contribution in [2.24, 2.45) is 0 Å². The van der Waals surface area contributed by atoms with Gasteiger partial charge in [-0.2, -0.15) is 0 Å². The van der Waals surface area contributed by atoms with Crippen molar-refractivity contribution in [2.45, 2.75) is 18.7 Å². The molecule has 0 aromatic carbocycles. The zero-order valence-electron chi connectivity index (χ0n) is 10.8. The molecule has 0 amide bonds. The summed E-state index contributed by atoms with van der Waals surface area (Å²) in [5.74, 6) is 0.337. The fourth-order valence-electron chi connectivity index (χ4n) is 1.52. The summed E-state index contributed by atoms with van der Waals surface area (Å²) >= 11 is 3.21. The van der Waals surface area contributed by atoms with Crippen molar-refractivity contribution in [3.8, 4) is 0 Å². The maximum Gasteiger partial charge on any atom is 0.267 e. The van der Waals surface area contributed by atoms with E-state index in [2.05, 4.69) is 36.1 Å². The number of aromatic nitrogens is 2. The molecule has 2 aromatic heterocycles. The number of anilines is 2. The number of halogens is 1. The van der Waals surface area contributed by atoms with Crippen LogP contribution in [-0.4, -0.2) is 25.1 Å². The standard InChI is InChI=1S/C11H13BrN4O3S/c1-3-13-11-9(5-8(12)6-14-11)20(17,18)16-10-4-7(2)15-19-10/h4-6,16H,3H2,1-2H3,(H,13,14). The summed E-state index contributed by atoms with van der Waals surface area (Å²) in [6.07, 6.45) is 1.52. The topological polar surface area (TPSA) is 97.1 Å². The highest BCUT2D eigenvalue weighted by atomic mass is 79.9. The minimum atomic E-state index is -3.81. The van der Waals surface area contributed by atoms with Crippen LogP contribution in [0.5, 0.6) is 0 Å². The molecule has 0 atom stereocenters. The molecule has 20 heavy (non-hydrogen) atoms. The van der Waals surface area contributed by atoms with Crippen molar-refractivity contribution in [3.63, 3.8) is 0 Å². The number of nitrogens with one attached hydrogen (secondary N) is 2. The molecule has 2 heterocycles. The van der Waals surface area contributed by atoms with Crippen molar-refractivity contribution < 1.29 is 12.9 Å². The molecule has 0 aliphatic heterocycles. The molecule has 108 valence electrons. The summed E-state index contributed by atoms with van der Waals surface area (Å²) in [5.41, 5.74) is 0.585. The van der Waals surface area contributed by atoms with Gasteiger partial charge in [-0.25, -0.2) is 18.1 Å². The van der Waals surface area contributed by atoms with Gasteiger partial charge in [0, 0.05) is 23.3 Å². The lowest BCUT2D eigenvalue weighted by molar-refractivity contribution is 0.430. The van der Waals surface area contributed by atoms with Gasteiger partial charge in [-0.05, 0) is 35.8 Å². The molecule has 0 aliphatic carbocycles. The van der Waals surface area contributed by atoms with Gasteiger partial charge in [0.15, 0.2) is 0 Å². The average molecular weight is 361 g/mol. The van der Waals surface area contributed by atoms with Crippen LogP contribution in [0.1, 0.15) is 12.6 Å². The van der Waals surface area contributed by atoms with Gasteiger partial charge in [-0.15, -0.1) is 0 Å². The lowest BCUT2D eigenvalue weighted by Crippen LogP contribution is -2.16. The molecule has 0 spiro atoms. The second kappa shape index (κ2) is 5.80. The van der Waals surface area contributed by atoms with Crippen LogP contribution in [0.25, 0.3) is 0 Å². The normalized spacial score (nSPS) is 11.3. The maximum absolute atomic E-state index is 12.4. The van der Waals surface area contributed by atoms with E-state index in [1.807, 2.05) is 6.92 Å². The van der Waals surface area contributed by atoms with Crippen molar-refractivity contribution in [2.75, 3.05) is 16.6 Å². The molecule has 2 rings (SSSR count). The SMILES string of the molecule is CCNc1ncc(Br)cc1S(=O)(=O)Nc1cc(C)no1. The average Bonchev–Trinajstić information content (AvgIpc) is 2.76. The first-order chi connectivity index (χ1) is 9.42. The number of rotatable bonds is 5. The van der Waals surface area contributed by atoms with Gasteiger partial charge in [0.1, 0.15) is 10.7 Å². The van der Waals surface area contributed by atoms with Crippen LogP contribution in [0.3, 0.4) is 0 Å². The minimum Gasteiger partial charge on any atom is -0.369 e. The molecule has 0 saturated heterocycles. The third-order valence-electron chi connectivity index (χ3n) is 2.32. The summed E-state index contributed by atoms with van der Waals surface area (Å²) in [6, 6.07) is 2.96. The quantitative estimate of drug-likeness (QED) is 0.849. The highest BCUT2D eigenvalue weighted by Crippen LogP contribution is 2.25. The minimum absolute atomic E-state index is 0.0304. The third kappa shape index (κ3) is 3.28. The van der Waals surface area contributed by atoms with Crippen molar-refractivity contribution in [1.29, 1.82) is 0 Å². The van der Waals surface area contributed by atoms with Gasteiger partial charge in [0.25, 0.3) is 10.0 Å². The first-order valence-corrected chi connectivity index (χ1v) is 8.05. The Labute approximate surface area is 124 Å². The van der Waals surface area contributed by atoms with Crippen molar-refractivity contribution >= 4 is 37.7 Å². The lowest BCUT2D eigenvalue weighted by atomic mass is 10.4. The second-order valence-corrected chi connectivity index (χ2v) is 6.54. The molecular weight excluding hydrogens is 348 g/mol. The Morgan fingerprint density at radius 3 is 2.75 bits per heavy atom. The Hall–Kier alpha value is -1.61. The highest BCUT2D eigenvalue weighted by Gasteiger charge is 2.22. The van der Waals surface area contributed by atoms with E-state index in [0.29, 0.717) is 16.7 Å². The maximum atomic E-state index is 12.4. The van der Waals surface area contributed by atoms with Crippen LogP contribution in [0.2, 0.25) is 0 Å². The molecule has 0 unspecified atom stereocenters. The summed E-state index contributed by atoms with van der Waals surface area (Å²) in [4.78, 5) is 4.09. The van der Waals surface area contributed by atoms with E-state index in [-0.39, 0.29) is 16.6 Å². The van der Waals surface area contributed by atoms with Gasteiger partial charge in [0.2, 0.25) is 5.88 Å². The predicted molar refractivity (Wildman–Crippen MR) is 78.1 cm³/mol. The zero-order chi connectivity index (χ0) is 14.8. The third-order valence-corrected chi connectivity index (χ3v) is 4.11. The van der Waals surface area contributed by atoms with Crippen LogP contribution in [0, 0.1) is 6.92 Å². The molecule has 0 saturated carbocycles. The van der Waals surface area contributed by atoms with Crippen LogP contribution in [0.4, 0.5) is 11.7 Å². The van der Waals surface area contributed by atoms with Gasteiger partial charge in [-0.3, -0.25) is 0 Å². The molecule has 0 fully saturated rings. The predicted octanol–water partition coefficient (Wildman–Crippen LogP) is 2.37. The number of hydrogen-bond donors (Lipinski definition) is 2. The van der Waals surface area contributed by atoms with E-state index in [9.17, 15) is 8.42 Å². The molecule has 2 aromatic rings. The van der Waals surface area contributed by atoms with Gasteiger partial charge < -0.3 is 9.84 Å². The molecule has 0 bridgehead atoms. The summed E-state index contributed by atoms with van der Waals surface area (Å²) < 4.78 is 32.5. The zero-order valence-corrected chi connectivity index (χ0v) is 13.2. The van der Waals surface area contributed by atoms with E-state index in [0.717, 1.165) is 0 Å². The van der Waals surface area contributed by atoms with Crippen molar-refractivity contribution in [1.82, 2.24) is 10.1 Å². The Morgan fingerprint density at radius 1 is 1.40 bits per heavy atom. The van der Waals surface area contributed by atoms with E-state index in [4.69, 9.17) is 4.52 Å². The number of pyridine rings is 1. The smallest absolute Gasteiger partial charge is 0.267 e. The Balaban J connectivity index is 2.40. The van der Waals surface area contributed by atoms with E-state index in [1.165, 1.54) is 18.3 Å². The fraction of sp³-hybridized carbons (Fsp3) is 0.273. The largest absolute Gasteiger partial charge is 0.369 e. The molecule has 7 nitrogen and oxygen atoms in total. The van der Waals surface area contributed by atoms with Crippen LogP contribution in [-0.2, 0) is 10.0 Å². The van der Waals surface area contributed by atoms with Gasteiger partial charge in [0.05, 0.1) is 5.69 Å². The summed E-state index contributed by atoms with van der Waals surface area (Å²) in [6.45, 7) is 4.11. The molecule has 0 aliphatic rings. The first kappa shape index (κ1) is 14.8. The van der Waals surface area contributed by atoms with Crippen LogP contribution in [0.15, 0.2) is 32.2 Å². The fourth-order valence-corrected chi connectivity index (χ4v) is 3.14. The van der Waals surface area contributed by atoms with Gasteiger partial charge >= 0.3 is 0 Å². The van der Waals surface area contributed by atoms with E-state index >= 15 is 0 Å². The Morgan fingerprint density at radius 2 is 2.15 bits per heavy atom. The van der Waals surface area contributed by atoms with Crippen molar-refractivity contribution in [3.05, 3.63) is 28.5 Å². The number of nitrogens with zero attached hydrogens (tertiary/aromatic N) is 2. The van der Waals surface area contributed by atoms with Crippen LogP contribution >= 0.6 is 15.9 Å². The lowest BCUT2D eigenvalue weighted by Gasteiger charge is -2.10. The Kier molecular flexibility index (Phi) is 4.29.